The molecule has 0 aromatic carbocycles. The van der Waals surface area contributed by atoms with Crippen molar-refractivity contribution in [1.29, 1.82) is 0 Å². The van der Waals surface area contributed by atoms with Gasteiger partial charge in [-0.2, -0.15) is 0 Å². The van der Waals surface area contributed by atoms with Gasteiger partial charge in [-0.15, -0.1) is 0 Å². The molecule has 1 aromatic heterocycles. The number of carbonyl (C=O) groups excluding carboxylic acids is 2. The molecule has 1 aromatic rings. The minimum atomic E-state index is -0.131. The highest BCUT2D eigenvalue weighted by Gasteiger charge is 2.22. The largest absolute Gasteiger partial charge is 0.369 e. The van der Waals surface area contributed by atoms with Gasteiger partial charge in [-0.25, -0.2) is 9.97 Å². The minimum absolute atomic E-state index is 0.131. The average Bonchev–Trinajstić information content (AvgIpc) is 2.55. The van der Waals surface area contributed by atoms with E-state index < -0.39 is 0 Å². The van der Waals surface area contributed by atoms with E-state index in [2.05, 4.69) is 22.2 Å². The van der Waals surface area contributed by atoms with Crippen molar-refractivity contribution in [1.82, 2.24) is 19.8 Å². The van der Waals surface area contributed by atoms with Crippen LogP contribution in [0.25, 0.3) is 0 Å². The number of hydrogen-bond donors (Lipinski definition) is 1. The number of nitrogens with one attached hydrogen (secondary N) is 1. The lowest BCUT2D eigenvalue weighted by Gasteiger charge is -2.32. The van der Waals surface area contributed by atoms with Crippen molar-refractivity contribution in [3.05, 3.63) is 18.1 Å². The Kier molecular flexibility index (Phi) is 5.48. The Bertz CT molecular complexity index is 469. The molecule has 114 valence electrons. The van der Waals surface area contributed by atoms with Crippen LogP contribution in [0.1, 0.15) is 30.3 Å². The van der Waals surface area contributed by atoms with Crippen LogP contribution in [-0.2, 0) is 4.79 Å². The van der Waals surface area contributed by atoms with Crippen molar-refractivity contribution >= 4 is 18.1 Å². The predicted molar refractivity (Wildman–Crippen MR) is 79.0 cm³/mol. The normalized spacial score (nSPS) is 14.9. The second kappa shape index (κ2) is 7.56. The van der Waals surface area contributed by atoms with Crippen molar-refractivity contribution < 1.29 is 9.59 Å². The Morgan fingerprint density at radius 1 is 1.29 bits per heavy atom. The highest BCUT2D eigenvalue weighted by atomic mass is 16.2. The summed E-state index contributed by atoms with van der Waals surface area (Å²) >= 11 is 0. The fraction of sp³-hybridized carbons (Fsp3) is 0.571. The molecule has 1 aliphatic heterocycles. The number of amides is 2. The lowest BCUT2D eigenvalue weighted by atomic mass is 10.3. The lowest BCUT2D eigenvalue weighted by molar-refractivity contribution is -0.119. The maximum atomic E-state index is 12.3. The van der Waals surface area contributed by atoms with E-state index >= 15 is 0 Å². The van der Waals surface area contributed by atoms with Gasteiger partial charge < -0.3 is 15.1 Å². The van der Waals surface area contributed by atoms with E-state index in [1.54, 1.807) is 16.0 Å². The average molecular weight is 291 g/mol. The van der Waals surface area contributed by atoms with Gasteiger partial charge in [0, 0.05) is 32.7 Å². The molecule has 0 atom stereocenters. The number of carbonyl (C=O) groups is 2. The number of anilines is 1. The topological polar surface area (TPSA) is 78.4 Å². The summed E-state index contributed by atoms with van der Waals surface area (Å²) in [6, 6.07) is 0. The van der Waals surface area contributed by atoms with Gasteiger partial charge in [0.05, 0.1) is 12.4 Å². The van der Waals surface area contributed by atoms with Gasteiger partial charge >= 0.3 is 0 Å². The fourth-order valence-corrected chi connectivity index (χ4v) is 2.12. The molecule has 1 aliphatic rings. The van der Waals surface area contributed by atoms with Gasteiger partial charge in [-0.1, -0.05) is 13.3 Å². The predicted octanol–water partition coefficient (Wildman–Crippen LogP) is 0.603. The molecular formula is C14H21N5O2. The van der Waals surface area contributed by atoms with Gasteiger partial charge in [-0.05, 0) is 6.42 Å². The number of hydrogen-bond acceptors (Lipinski definition) is 5. The van der Waals surface area contributed by atoms with E-state index in [1.165, 1.54) is 6.20 Å². The van der Waals surface area contributed by atoms with Crippen LogP contribution in [0.15, 0.2) is 12.4 Å². The van der Waals surface area contributed by atoms with Crippen LogP contribution in [0, 0.1) is 0 Å². The molecule has 0 saturated carbocycles. The van der Waals surface area contributed by atoms with E-state index in [0.29, 0.717) is 37.7 Å². The molecule has 1 N–H and O–H groups in total. The summed E-state index contributed by atoms with van der Waals surface area (Å²) in [6.45, 7) is 5.19. The van der Waals surface area contributed by atoms with E-state index in [0.717, 1.165) is 25.8 Å². The zero-order chi connectivity index (χ0) is 15.1. The van der Waals surface area contributed by atoms with E-state index in [-0.39, 0.29) is 5.91 Å². The number of unbranched alkanes of at least 4 members (excludes halogenated alkanes) is 1. The zero-order valence-electron chi connectivity index (χ0n) is 12.3. The van der Waals surface area contributed by atoms with Crippen LogP contribution >= 0.6 is 0 Å². The second-order valence-corrected chi connectivity index (χ2v) is 5.00. The second-order valence-electron chi connectivity index (χ2n) is 5.00. The molecule has 0 bridgehead atoms. The van der Waals surface area contributed by atoms with Crippen LogP contribution in [0.5, 0.6) is 0 Å². The molecular weight excluding hydrogens is 270 g/mol. The first-order valence-electron chi connectivity index (χ1n) is 7.29. The first-order valence-corrected chi connectivity index (χ1v) is 7.29. The molecule has 0 radical (unpaired) electrons. The third-order valence-corrected chi connectivity index (χ3v) is 3.46. The van der Waals surface area contributed by atoms with Crippen LogP contribution in [0.4, 0.5) is 5.82 Å². The molecule has 0 aliphatic carbocycles. The Balaban J connectivity index is 1.89. The summed E-state index contributed by atoms with van der Waals surface area (Å²) in [4.78, 5) is 34.7. The van der Waals surface area contributed by atoms with Gasteiger partial charge in [0.25, 0.3) is 5.91 Å². The first kappa shape index (κ1) is 15.2. The molecule has 7 nitrogen and oxygen atoms in total. The van der Waals surface area contributed by atoms with Gasteiger partial charge in [-0.3, -0.25) is 9.59 Å². The summed E-state index contributed by atoms with van der Waals surface area (Å²) in [5.74, 6) is 0.555. The lowest BCUT2D eigenvalue weighted by Crippen LogP contribution is -2.48. The first-order chi connectivity index (χ1) is 10.2. The number of nitrogens with zero attached hydrogens (tertiary/aromatic N) is 4. The Labute approximate surface area is 124 Å². The van der Waals surface area contributed by atoms with Gasteiger partial charge in [0.2, 0.25) is 6.41 Å². The van der Waals surface area contributed by atoms with Crippen LogP contribution in [0.3, 0.4) is 0 Å². The molecule has 2 heterocycles. The quantitative estimate of drug-likeness (QED) is 0.613. The highest BCUT2D eigenvalue weighted by Crippen LogP contribution is 2.07. The van der Waals surface area contributed by atoms with Crippen molar-refractivity contribution in [2.45, 2.75) is 19.8 Å². The van der Waals surface area contributed by atoms with Crippen molar-refractivity contribution in [2.24, 2.45) is 0 Å². The van der Waals surface area contributed by atoms with Gasteiger partial charge in [0.1, 0.15) is 11.5 Å². The summed E-state index contributed by atoms with van der Waals surface area (Å²) in [5, 5.41) is 3.16. The number of piperazine rings is 1. The van der Waals surface area contributed by atoms with E-state index in [4.69, 9.17) is 0 Å². The molecule has 1 fully saturated rings. The van der Waals surface area contributed by atoms with Gasteiger partial charge in [0.15, 0.2) is 0 Å². The Morgan fingerprint density at radius 2 is 2.05 bits per heavy atom. The van der Waals surface area contributed by atoms with Crippen LogP contribution in [-0.4, -0.2) is 64.8 Å². The third kappa shape index (κ3) is 4.14. The third-order valence-electron chi connectivity index (χ3n) is 3.46. The molecule has 2 rings (SSSR count). The Morgan fingerprint density at radius 3 is 2.62 bits per heavy atom. The Hall–Kier alpha value is -2.18. The maximum Gasteiger partial charge on any atom is 0.274 e. The molecule has 2 amide bonds. The fourth-order valence-electron chi connectivity index (χ4n) is 2.12. The van der Waals surface area contributed by atoms with Crippen molar-refractivity contribution in [2.75, 3.05) is 38.0 Å². The highest BCUT2D eigenvalue weighted by molar-refractivity contribution is 5.92. The monoisotopic (exact) mass is 291 g/mol. The minimum Gasteiger partial charge on any atom is -0.369 e. The summed E-state index contributed by atoms with van der Waals surface area (Å²) in [6.07, 6.45) is 6.10. The zero-order valence-corrected chi connectivity index (χ0v) is 12.3. The smallest absolute Gasteiger partial charge is 0.274 e. The molecule has 0 unspecified atom stereocenters. The summed E-state index contributed by atoms with van der Waals surface area (Å²) < 4.78 is 0. The maximum absolute atomic E-state index is 12.3. The van der Waals surface area contributed by atoms with E-state index in [1.807, 2.05) is 0 Å². The number of aromatic nitrogens is 2. The van der Waals surface area contributed by atoms with Crippen molar-refractivity contribution in [3.63, 3.8) is 0 Å². The summed E-state index contributed by atoms with van der Waals surface area (Å²) in [5.41, 5.74) is 0.343. The van der Waals surface area contributed by atoms with Crippen molar-refractivity contribution in [3.8, 4) is 0 Å². The SMILES string of the molecule is CCCCNc1cnc(C(=O)N2CCN(C=O)CC2)cn1. The molecule has 7 heteroatoms. The van der Waals surface area contributed by atoms with Crippen LogP contribution in [0.2, 0.25) is 0 Å². The number of rotatable bonds is 6. The molecule has 0 spiro atoms. The molecule has 1 saturated heterocycles. The molecule has 21 heavy (non-hydrogen) atoms. The summed E-state index contributed by atoms with van der Waals surface area (Å²) in [7, 11) is 0. The standard InChI is InChI=1S/C14H21N5O2/c1-2-3-4-15-13-10-16-12(9-17-13)14(21)19-7-5-18(11-20)6-8-19/h9-11H,2-8H2,1H3,(H,15,17). The van der Waals surface area contributed by atoms with E-state index in [9.17, 15) is 9.59 Å². The van der Waals surface area contributed by atoms with Crippen LogP contribution < -0.4 is 5.32 Å².